The first-order valence-corrected chi connectivity index (χ1v) is 5.21. The smallest absolute Gasteiger partial charge is 0.0267 e. The molecular weight excluding hydrogens is 174 g/mol. The van der Waals surface area contributed by atoms with E-state index < -0.39 is 0 Å². The second-order valence-corrected chi connectivity index (χ2v) is 3.21. The van der Waals surface area contributed by atoms with Gasteiger partial charge in [-0.1, -0.05) is 13.0 Å². The quantitative estimate of drug-likeness (QED) is 0.721. The zero-order chi connectivity index (χ0) is 10.1. The van der Waals surface area contributed by atoms with Crippen LogP contribution in [0.3, 0.4) is 0 Å². The van der Waals surface area contributed by atoms with Crippen molar-refractivity contribution >= 4 is 0 Å². The van der Waals surface area contributed by atoms with Gasteiger partial charge in [-0.05, 0) is 18.7 Å². The van der Waals surface area contributed by atoms with E-state index in [2.05, 4.69) is 22.1 Å². The molecule has 3 nitrogen and oxygen atoms in total. The molecule has 0 aromatic carbocycles. The second kappa shape index (κ2) is 7.47. The molecule has 3 heteroatoms. The molecule has 2 rings (SSSR count). The van der Waals surface area contributed by atoms with Crippen LogP contribution in [0.2, 0.25) is 0 Å². The number of aromatic nitrogens is 1. The van der Waals surface area contributed by atoms with E-state index in [1.54, 1.807) is 12.4 Å². The van der Waals surface area contributed by atoms with Gasteiger partial charge in [0.15, 0.2) is 0 Å². The van der Waals surface area contributed by atoms with E-state index in [1.807, 2.05) is 18.2 Å². The molecule has 78 valence electrons. The average Bonchev–Trinajstić information content (AvgIpc) is 2.33. The summed E-state index contributed by atoms with van der Waals surface area (Å²) in [5.74, 6) is 0. The largest absolute Gasteiger partial charge is 0.314 e. The van der Waals surface area contributed by atoms with Crippen LogP contribution in [-0.4, -0.2) is 42.6 Å². The Balaban J connectivity index is 0.000000146. The molecule has 0 atom stereocenters. The lowest BCUT2D eigenvalue weighted by Gasteiger charge is -2.25. The number of hydrogen-bond donors (Lipinski definition) is 1. The third kappa shape index (κ3) is 4.94. The van der Waals surface area contributed by atoms with Crippen LogP contribution in [-0.2, 0) is 0 Å². The number of rotatable bonds is 1. The molecule has 1 aliphatic rings. The zero-order valence-corrected chi connectivity index (χ0v) is 8.82. The summed E-state index contributed by atoms with van der Waals surface area (Å²) in [5, 5.41) is 3.31. The molecule has 1 aliphatic heterocycles. The van der Waals surface area contributed by atoms with Crippen molar-refractivity contribution in [1.29, 1.82) is 0 Å². The standard InChI is InChI=1S/C6H14N2.C5H5N/c1-2-8-5-3-7-4-6-8;1-2-4-6-5-3-1/h7H,2-6H2,1H3;1-5H. The van der Waals surface area contributed by atoms with Gasteiger partial charge in [-0.15, -0.1) is 0 Å². The van der Waals surface area contributed by atoms with Crippen LogP contribution in [0.4, 0.5) is 0 Å². The predicted molar refractivity (Wildman–Crippen MR) is 59.2 cm³/mol. The normalized spacial score (nSPS) is 16.9. The molecule has 0 saturated carbocycles. The highest BCUT2D eigenvalue weighted by molar-refractivity contribution is 4.88. The zero-order valence-electron chi connectivity index (χ0n) is 8.82. The topological polar surface area (TPSA) is 28.2 Å². The maximum absolute atomic E-state index is 3.78. The third-order valence-corrected chi connectivity index (χ3v) is 2.22. The third-order valence-electron chi connectivity index (χ3n) is 2.22. The van der Waals surface area contributed by atoms with E-state index in [9.17, 15) is 0 Å². The molecular formula is C11H19N3. The lowest BCUT2D eigenvalue weighted by Crippen LogP contribution is -2.43. The Morgan fingerprint density at radius 1 is 1.14 bits per heavy atom. The first-order valence-electron chi connectivity index (χ1n) is 5.21. The first-order chi connectivity index (χ1) is 6.93. The Kier molecular flexibility index (Phi) is 5.95. The molecule has 0 unspecified atom stereocenters. The molecule has 0 bridgehead atoms. The summed E-state index contributed by atoms with van der Waals surface area (Å²) >= 11 is 0. The molecule has 1 aromatic rings. The van der Waals surface area contributed by atoms with Crippen LogP contribution in [0, 0.1) is 0 Å². The second-order valence-electron chi connectivity index (χ2n) is 3.21. The maximum Gasteiger partial charge on any atom is 0.0267 e. The van der Waals surface area contributed by atoms with Gasteiger partial charge in [-0.3, -0.25) is 4.98 Å². The molecule has 1 saturated heterocycles. The van der Waals surface area contributed by atoms with Gasteiger partial charge in [0.2, 0.25) is 0 Å². The van der Waals surface area contributed by atoms with Gasteiger partial charge >= 0.3 is 0 Å². The summed E-state index contributed by atoms with van der Waals surface area (Å²) in [6.45, 7) is 8.24. The predicted octanol–water partition coefficient (Wildman–Crippen LogP) is 0.993. The van der Waals surface area contributed by atoms with Crippen LogP contribution < -0.4 is 5.32 Å². The number of pyridine rings is 1. The van der Waals surface area contributed by atoms with Crippen molar-refractivity contribution in [3.8, 4) is 0 Å². The minimum absolute atomic E-state index is 1.17. The Labute approximate surface area is 86.2 Å². The molecule has 0 spiro atoms. The summed E-state index contributed by atoms with van der Waals surface area (Å²) in [6.07, 6.45) is 3.50. The monoisotopic (exact) mass is 193 g/mol. The Bertz CT molecular complexity index is 180. The van der Waals surface area contributed by atoms with E-state index in [4.69, 9.17) is 0 Å². The number of hydrogen-bond acceptors (Lipinski definition) is 3. The van der Waals surface area contributed by atoms with Gasteiger partial charge in [0.05, 0.1) is 0 Å². The SMILES string of the molecule is CCN1CCNCC1.c1ccncc1. The van der Waals surface area contributed by atoms with E-state index in [-0.39, 0.29) is 0 Å². The summed E-state index contributed by atoms with van der Waals surface area (Å²) in [6, 6.07) is 5.72. The lowest BCUT2D eigenvalue weighted by atomic mass is 10.4. The molecule has 0 radical (unpaired) electrons. The van der Waals surface area contributed by atoms with Gasteiger partial charge in [0.1, 0.15) is 0 Å². The van der Waals surface area contributed by atoms with Crippen molar-refractivity contribution in [2.24, 2.45) is 0 Å². The van der Waals surface area contributed by atoms with Crippen molar-refractivity contribution < 1.29 is 0 Å². The molecule has 2 heterocycles. The minimum Gasteiger partial charge on any atom is -0.314 e. The van der Waals surface area contributed by atoms with Crippen molar-refractivity contribution in [3.63, 3.8) is 0 Å². The Hall–Kier alpha value is -0.930. The van der Waals surface area contributed by atoms with Crippen LogP contribution in [0.25, 0.3) is 0 Å². The number of nitrogens with zero attached hydrogens (tertiary/aromatic N) is 2. The van der Waals surface area contributed by atoms with Crippen LogP contribution in [0.5, 0.6) is 0 Å². The number of piperazine rings is 1. The summed E-state index contributed by atoms with van der Waals surface area (Å²) in [4.78, 5) is 6.24. The summed E-state index contributed by atoms with van der Waals surface area (Å²) in [7, 11) is 0. The summed E-state index contributed by atoms with van der Waals surface area (Å²) in [5.41, 5.74) is 0. The average molecular weight is 193 g/mol. The van der Waals surface area contributed by atoms with Gasteiger partial charge in [-0.25, -0.2) is 0 Å². The molecule has 1 N–H and O–H groups in total. The van der Waals surface area contributed by atoms with Gasteiger partial charge in [0, 0.05) is 38.6 Å². The van der Waals surface area contributed by atoms with Crippen molar-refractivity contribution in [1.82, 2.24) is 15.2 Å². The van der Waals surface area contributed by atoms with Crippen LogP contribution in [0.1, 0.15) is 6.92 Å². The van der Waals surface area contributed by atoms with E-state index >= 15 is 0 Å². The molecule has 0 aliphatic carbocycles. The lowest BCUT2D eigenvalue weighted by molar-refractivity contribution is 0.253. The Morgan fingerprint density at radius 2 is 1.79 bits per heavy atom. The molecule has 1 fully saturated rings. The Morgan fingerprint density at radius 3 is 2.07 bits per heavy atom. The fourth-order valence-electron chi connectivity index (χ4n) is 1.34. The van der Waals surface area contributed by atoms with Gasteiger partial charge < -0.3 is 10.2 Å². The van der Waals surface area contributed by atoms with Gasteiger partial charge in [0.25, 0.3) is 0 Å². The molecule has 0 amide bonds. The van der Waals surface area contributed by atoms with Gasteiger partial charge in [-0.2, -0.15) is 0 Å². The molecule has 1 aromatic heterocycles. The fraction of sp³-hybridized carbons (Fsp3) is 0.545. The summed E-state index contributed by atoms with van der Waals surface area (Å²) < 4.78 is 0. The van der Waals surface area contributed by atoms with E-state index in [0.717, 1.165) is 0 Å². The van der Waals surface area contributed by atoms with Crippen LogP contribution >= 0.6 is 0 Å². The van der Waals surface area contributed by atoms with Crippen molar-refractivity contribution in [2.75, 3.05) is 32.7 Å². The molecule has 14 heavy (non-hydrogen) atoms. The maximum atomic E-state index is 3.78. The minimum atomic E-state index is 1.17. The van der Waals surface area contributed by atoms with Crippen molar-refractivity contribution in [3.05, 3.63) is 30.6 Å². The van der Waals surface area contributed by atoms with Crippen molar-refractivity contribution in [2.45, 2.75) is 6.92 Å². The fourth-order valence-corrected chi connectivity index (χ4v) is 1.34. The van der Waals surface area contributed by atoms with Crippen LogP contribution in [0.15, 0.2) is 30.6 Å². The highest BCUT2D eigenvalue weighted by Crippen LogP contribution is 1.88. The number of nitrogens with one attached hydrogen (secondary N) is 1. The van der Waals surface area contributed by atoms with E-state index in [0.29, 0.717) is 0 Å². The van der Waals surface area contributed by atoms with E-state index in [1.165, 1.54) is 32.7 Å². The first kappa shape index (κ1) is 11.1. The highest BCUT2D eigenvalue weighted by atomic mass is 15.2. The number of likely N-dealkylation sites (N-methyl/N-ethyl adjacent to an activating group) is 1. The highest BCUT2D eigenvalue weighted by Gasteiger charge is 2.04.